The minimum absolute atomic E-state index is 0.0206. The second-order valence-electron chi connectivity index (χ2n) is 7.70. The van der Waals surface area contributed by atoms with Crippen LogP contribution in [0.25, 0.3) is 0 Å². The molecule has 1 amide bonds. The third-order valence-corrected chi connectivity index (χ3v) is 6.50. The highest BCUT2D eigenvalue weighted by molar-refractivity contribution is 7.89. The summed E-state index contributed by atoms with van der Waals surface area (Å²) in [5.74, 6) is 0.783. The predicted molar refractivity (Wildman–Crippen MR) is 114 cm³/mol. The van der Waals surface area contributed by atoms with Gasteiger partial charge in [0.2, 0.25) is 15.9 Å². The molecule has 0 radical (unpaired) electrons. The number of sulfonamides is 1. The lowest BCUT2D eigenvalue weighted by Gasteiger charge is -2.23. The number of methoxy groups -OCH3 is 1. The summed E-state index contributed by atoms with van der Waals surface area (Å²) in [4.78, 5) is 13.9. The maximum Gasteiger partial charge on any atom is 0.241 e. The molecule has 0 bridgehead atoms. The Hall–Kier alpha value is -2.38. The summed E-state index contributed by atoms with van der Waals surface area (Å²) in [6, 6.07) is 13.9. The lowest BCUT2D eigenvalue weighted by Crippen LogP contribution is -2.30. The molecule has 0 saturated carbocycles. The van der Waals surface area contributed by atoms with E-state index in [0.29, 0.717) is 36.7 Å². The molecule has 1 heterocycles. The molecule has 2 aromatic carbocycles. The number of ether oxygens (including phenoxy) is 1. The molecule has 3 rings (SSSR count). The first-order valence-electron chi connectivity index (χ1n) is 9.87. The molecule has 1 aliphatic rings. The smallest absolute Gasteiger partial charge is 0.241 e. The molecule has 0 unspecified atom stereocenters. The summed E-state index contributed by atoms with van der Waals surface area (Å²) in [6.45, 7) is 4.69. The fourth-order valence-corrected chi connectivity index (χ4v) is 4.87. The summed E-state index contributed by atoms with van der Waals surface area (Å²) in [6.07, 6.45) is 1.89. The van der Waals surface area contributed by atoms with E-state index in [9.17, 15) is 13.2 Å². The van der Waals surface area contributed by atoms with Crippen LogP contribution < -0.4 is 14.4 Å². The molecule has 0 spiro atoms. The summed E-state index contributed by atoms with van der Waals surface area (Å²) in [5, 5.41) is 0. The molecule has 1 aliphatic heterocycles. The minimum atomic E-state index is -3.79. The van der Waals surface area contributed by atoms with Gasteiger partial charge in [-0.05, 0) is 42.5 Å². The Bertz CT molecular complexity index is 958. The quantitative estimate of drug-likeness (QED) is 0.708. The van der Waals surface area contributed by atoms with Crippen molar-refractivity contribution in [2.45, 2.75) is 44.0 Å². The van der Waals surface area contributed by atoms with E-state index in [1.807, 2.05) is 30.3 Å². The molecule has 1 saturated heterocycles. The van der Waals surface area contributed by atoms with Crippen LogP contribution in [-0.4, -0.2) is 28.0 Å². The van der Waals surface area contributed by atoms with Gasteiger partial charge in [-0.15, -0.1) is 0 Å². The highest BCUT2D eigenvalue weighted by atomic mass is 32.2. The first kappa shape index (κ1) is 21.3. The van der Waals surface area contributed by atoms with Gasteiger partial charge in [-0.3, -0.25) is 4.79 Å². The van der Waals surface area contributed by atoms with Crippen molar-refractivity contribution in [3.8, 4) is 5.75 Å². The Labute approximate surface area is 172 Å². The number of carbonyl (C=O) groups excluding carboxylic acids is 1. The average Bonchev–Trinajstić information content (AvgIpc) is 3.13. The van der Waals surface area contributed by atoms with Gasteiger partial charge in [0.1, 0.15) is 5.75 Å². The Balaban J connectivity index is 1.94. The number of benzene rings is 2. The molecular formula is C22H28N2O4S. The lowest BCUT2D eigenvalue weighted by molar-refractivity contribution is -0.117. The maximum atomic E-state index is 13.2. The molecule has 7 heteroatoms. The van der Waals surface area contributed by atoms with Crippen LogP contribution in [0.2, 0.25) is 0 Å². The molecule has 0 aliphatic carbocycles. The van der Waals surface area contributed by atoms with Crippen LogP contribution in [0.3, 0.4) is 0 Å². The van der Waals surface area contributed by atoms with Crippen molar-refractivity contribution in [2.24, 2.45) is 5.92 Å². The van der Waals surface area contributed by atoms with Gasteiger partial charge in [0.05, 0.1) is 17.7 Å². The molecular weight excluding hydrogens is 388 g/mol. The van der Waals surface area contributed by atoms with E-state index < -0.39 is 10.0 Å². The van der Waals surface area contributed by atoms with Gasteiger partial charge in [-0.25, -0.2) is 13.1 Å². The second-order valence-corrected chi connectivity index (χ2v) is 9.41. The number of amides is 1. The van der Waals surface area contributed by atoms with Gasteiger partial charge >= 0.3 is 0 Å². The number of anilines is 1. The van der Waals surface area contributed by atoms with Crippen molar-refractivity contribution >= 4 is 21.6 Å². The first-order chi connectivity index (χ1) is 13.8. The van der Waals surface area contributed by atoms with E-state index in [1.165, 1.54) is 19.2 Å². The largest absolute Gasteiger partial charge is 0.495 e. The Morgan fingerprint density at radius 1 is 1.14 bits per heavy atom. The third kappa shape index (κ3) is 4.97. The highest BCUT2D eigenvalue weighted by Crippen LogP contribution is 2.34. The van der Waals surface area contributed by atoms with Gasteiger partial charge in [0.15, 0.2) is 0 Å². The fourth-order valence-electron chi connectivity index (χ4n) is 3.62. The SMILES string of the molecule is COc1ccc(S(=O)(=O)N[C@@H](CC(C)C)c2ccccc2)cc1N1CCCC1=O. The zero-order valence-corrected chi connectivity index (χ0v) is 17.9. The molecule has 1 N–H and O–H groups in total. The molecule has 0 aromatic heterocycles. The van der Waals surface area contributed by atoms with Crippen LogP contribution in [0.5, 0.6) is 5.75 Å². The van der Waals surface area contributed by atoms with Gasteiger partial charge < -0.3 is 9.64 Å². The standard InChI is InChI=1S/C22H28N2O4S/c1-16(2)14-19(17-8-5-4-6-9-17)23-29(26,27)18-11-12-21(28-3)20(15-18)24-13-7-10-22(24)25/h4-6,8-9,11-12,15-16,19,23H,7,10,13-14H2,1-3H3/t19-/m0/s1. The van der Waals surface area contributed by atoms with Crippen molar-refractivity contribution in [2.75, 3.05) is 18.6 Å². The van der Waals surface area contributed by atoms with Crippen LogP contribution >= 0.6 is 0 Å². The number of nitrogens with zero attached hydrogens (tertiary/aromatic N) is 1. The number of nitrogens with one attached hydrogen (secondary N) is 1. The van der Waals surface area contributed by atoms with Crippen LogP contribution in [0.4, 0.5) is 5.69 Å². The Morgan fingerprint density at radius 3 is 2.45 bits per heavy atom. The summed E-state index contributed by atoms with van der Waals surface area (Å²) in [7, 11) is -2.28. The van der Waals surface area contributed by atoms with E-state index in [-0.39, 0.29) is 16.8 Å². The van der Waals surface area contributed by atoms with Crippen molar-refractivity contribution in [3.05, 3.63) is 54.1 Å². The minimum Gasteiger partial charge on any atom is -0.495 e. The Kier molecular flexibility index (Phi) is 6.59. The van der Waals surface area contributed by atoms with Gasteiger partial charge in [0, 0.05) is 19.0 Å². The average molecular weight is 417 g/mol. The van der Waals surface area contributed by atoms with Crippen LogP contribution in [0, 0.1) is 5.92 Å². The van der Waals surface area contributed by atoms with Crippen LogP contribution in [0.15, 0.2) is 53.4 Å². The number of hydrogen-bond donors (Lipinski definition) is 1. The number of rotatable bonds is 8. The predicted octanol–water partition coefficient (Wildman–Crippen LogP) is 3.89. The van der Waals surface area contributed by atoms with E-state index in [1.54, 1.807) is 11.0 Å². The normalized spacial score (nSPS) is 15.7. The summed E-state index contributed by atoms with van der Waals surface area (Å²) < 4.78 is 34.6. The lowest BCUT2D eigenvalue weighted by atomic mass is 9.98. The zero-order valence-electron chi connectivity index (χ0n) is 17.1. The van der Waals surface area contributed by atoms with Crippen molar-refractivity contribution < 1.29 is 17.9 Å². The van der Waals surface area contributed by atoms with Crippen molar-refractivity contribution in [1.29, 1.82) is 0 Å². The van der Waals surface area contributed by atoms with Gasteiger partial charge in [0.25, 0.3) is 0 Å². The molecule has 2 aromatic rings. The monoisotopic (exact) mass is 416 g/mol. The summed E-state index contributed by atoms with van der Waals surface area (Å²) >= 11 is 0. The Morgan fingerprint density at radius 2 is 1.86 bits per heavy atom. The third-order valence-electron chi connectivity index (χ3n) is 5.03. The molecule has 29 heavy (non-hydrogen) atoms. The van der Waals surface area contributed by atoms with Gasteiger partial charge in [-0.2, -0.15) is 0 Å². The molecule has 1 atom stereocenters. The van der Waals surface area contributed by atoms with Crippen molar-refractivity contribution in [3.63, 3.8) is 0 Å². The van der Waals surface area contributed by atoms with Crippen LogP contribution in [-0.2, 0) is 14.8 Å². The number of carbonyl (C=O) groups is 1. The van der Waals surface area contributed by atoms with Crippen molar-refractivity contribution in [1.82, 2.24) is 4.72 Å². The number of hydrogen-bond acceptors (Lipinski definition) is 4. The first-order valence-corrected chi connectivity index (χ1v) is 11.4. The fraction of sp³-hybridized carbons (Fsp3) is 0.409. The molecule has 156 valence electrons. The summed E-state index contributed by atoms with van der Waals surface area (Å²) in [5.41, 5.74) is 1.42. The van der Waals surface area contributed by atoms with Crippen LogP contribution in [0.1, 0.15) is 44.7 Å². The maximum absolute atomic E-state index is 13.2. The molecule has 6 nitrogen and oxygen atoms in total. The van der Waals surface area contributed by atoms with Gasteiger partial charge in [-0.1, -0.05) is 44.2 Å². The van der Waals surface area contributed by atoms with E-state index in [2.05, 4.69) is 18.6 Å². The van der Waals surface area contributed by atoms with E-state index >= 15 is 0 Å². The second kappa shape index (κ2) is 8.97. The topological polar surface area (TPSA) is 75.7 Å². The zero-order chi connectivity index (χ0) is 21.0. The van der Waals surface area contributed by atoms with E-state index in [4.69, 9.17) is 4.74 Å². The van der Waals surface area contributed by atoms with E-state index in [0.717, 1.165) is 12.0 Å². The highest BCUT2D eigenvalue weighted by Gasteiger charge is 2.28. The molecule has 1 fully saturated rings.